The van der Waals surface area contributed by atoms with Crippen LogP contribution in [0.15, 0.2) is 207 Å². The van der Waals surface area contributed by atoms with Gasteiger partial charge in [0, 0.05) is 55.2 Å². The fourth-order valence-corrected chi connectivity index (χ4v) is 9.10. The van der Waals surface area contributed by atoms with Gasteiger partial charge in [0.15, 0.2) is 0 Å². The largest absolute Gasteiger partial charge is 0.456 e. The molecule has 0 amide bonds. The van der Waals surface area contributed by atoms with Gasteiger partial charge in [-0.3, -0.25) is 0 Å². The number of nitrogens with zero attached hydrogens (tertiary/aromatic N) is 1. The molecule has 0 bridgehead atoms. The molecule has 0 radical (unpaired) electrons. The lowest BCUT2D eigenvalue weighted by atomic mass is 9.80. The Morgan fingerprint density at radius 2 is 0.842 bits per heavy atom. The Morgan fingerprint density at radius 3 is 1.53 bits per heavy atom. The quantitative estimate of drug-likeness (QED) is 0.160. The maximum absolute atomic E-state index is 7.18. The van der Waals surface area contributed by atoms with Gasteiger partial charge in [0.1, 0.15) is 33.5 Å². The highest BCUT2D eigenvalue weighted by molar-refractivity contribution is 6.24. The minimum atomic E-state index is -0.162. The van der Waals surface area contributed by atoms with E-state index < -0.39 is 0 Å². The molecule has 0 fully saturated rings. The van der Waals surface area contributed by atoms with Crippen molar-refractivity contribution in [1.29, 1.82) is 0 Å². The van der Waals surface area contributed by atoms with Crippen molar-refractivity contribution in [2.24, 2.45) is 0 Å². The van der Waals surface area contributed by atoms with E-state index in [0.29, 0.717) is 0 Å². The fraction of sp³-hybridized carbons (Fsp3) is 0.0189. The molecule has 0 saturated heterocycles. The van der Waals surface area contributed by atoms with Crippen LogP contribution < -0.4 is 4.90 Å². The normalized spacial score (nSPS) is 12.5. The third-order valence-corrected chi connectivity index (χ3v) is 11.6. The van der Waals surface area contributed by atoms with E-state index in [4.69, 9.17) is 13.3 Å². The summed E-state index contributed by atoms with van der Waals surface area (Å²) in [6.45, 7) is 0. The number of anilines is 3. The van der Waals surface area contributed by atoms with Gasteiger partial charge >= 0.3 is 0 Å². The average molecular weight is 732 g/mol. The first kappa shape index (κ1) is 31.8. The third-order valence-electron chi connectivity index (χ3n) is 11.6. The van der Waals surface area contributed by atoms with Crippen molar-refractivity contribution in [3.05, 3.63) is 211 Å². The molecule has 0 aliphatic rings. The van der Waals surface area contributed by atoms with Crippen molar-refractivity contribution in [1.82, 2.24) is 0 Å². The van der Waals surface area contributed by atoms with Crippen LogP contribution in [0.1, 0.15) is 22.6 Å². The Morgan fingerprint density at radius 1 is 0.333 bits per heavy atom. The zero-order valence-corrected chi connectivity index (χ0v) is 30.7. The molecular weight excluding hydrogens is 699 g/mol. The van der Waals surface area contributed by atoms with Gasteiger partial charge in [-0.15, -0.1) is 0 Å². The lowest BCUT2D eigenvalue weighted by Gasteiger charge is -2.30. The molecule has 9 aromatic carbocycles. The number of para-hydroxylation sites is 4. The Hall–Kier alpha value is -7.56. The first-order chi connectivity index (χ1) is 28.3. The molecule has 12 aromatic rings. The molecule has 3 heterocycles. The van der Waals surface area contributed by atoms with Crippen LogP contribution in [0.2, 0.25) is 0 Å². The van der Waals surface area contributed by atoms with E-state index in [1.54, 1.807) is 0 Å². The Labute approximate surface area is 327 Å². The minimum absolute atomic E-state index is 0.162. The number of hydrogen-bond donors (Lipinski definition) is 0. The van der Waals surface area contributed by atoms with E-state index in [9.17, 15) is 0 Å². The van der Waals surface area contributed by atoms with Crippen molar-refractivity contribution in [2.75, 3.05) is 4.90 Å². The summed E-state index contributed by atoms with van der Waals surface area (Å²) in [5.41, 5.74) is 11.8. The SMILES string of the molecule is c1ccc(C(c2ccc3oc4ccccc4c3c2)c2c3ccccc3c(N(c3ccccc3)c3ccc4oc5ccccc5c4c3)c3c2oc2ccccc23)cc1. The van der Waals surface area contributed by atoms with Gasteiger partial charge in [-0.1, -0.05) is 133 Å². The zero-order valence-electron chi connectivity index (χ0n) is 30.7. The van der Waals surface area contributed by atoms with Gasteiger partial charge in [0.2, 0.25) is 0 Å². The average Bonchev–Trinajstić information content (AvgIpc) is 3.96. The molecule has 0 spiro atoms. The molecule has 0 saturated carbocycles. The van der Waals surface area contributed by atoms with Crippen LogP contribution in [0.25, 0.3) is 76.6 Å². The van der Waals surface area contributed by atoms with E-state index in [1.807, 2.05) is 24.3 Å². The molecule has 1 unspecified atom stereocenters. The van der Waals surface area contributed by atoms with Crippen LogP contribution >= 0.6 is 0 Å². The standard InChI is InChI=1S/C53H33NO3/c1-3-15-33(16-4-1)49(34-27-29-47-42(31-34)37-19-9-12-24-44(37)55-47)50-39-21-7-8-22-40(39)52(51-41-23-11-14-26-46(41)57-53(50)51)54(35-17-5-2-6-18-35)36-28-30-48-43(32-36)38-20-10-13-25-45(38)56-48/h1-32,49H. The molecule has 12 rings (SSSR count). The summed E-state index contributed by atoms with van der Waals surface area (Å²) in [4.78, 5) is 2.40. The summed E-state index contributed by atoms with van der Waals surface area (Å²) < 4.78 is 19.8. The molecule has 3 aromatic heterocycles. The van der Waals surface area contributed by atoms with Gasteiger partial charge in [-0.2, -0.15) is 0 Å². The number of benzene rings is 9. The first-order valence-corrected chi connectivity index (χ1v) is 19.4. The van der Waals surface area contributed by atoms with Gasteiger partial charge in [-0.05, 0) is 77.2 Å². The number of rotatable bonds is 6. The van der Waals surface area contributed by atoms with Crippen molar-refractivity contribution >= 4 is 93.7 Å². The van der Waals surface area contributed by atoms with Crippen molar-refractivity contribution in [3.8, 4) is 0 Å². The molecule has 0 aliphatic heterocycles. The molecule has 1 atom stereocenters. The molecule has 4 nitrogen and oxygen atoms in total. The predicted molar refractivity (Wildman–Crippen MR) is 234 cm³/mol. The maximum Gasteiger partial charge on any atom is 0.142 e. The second-order valence-electron chi connectivity index (χ2n) is 14.8. The van der Waals surface area contributed by atoms with E-state index in [-0.39, 0.29) is 5.92 Å². The van der Waals surface area contributed by atoms with Crippen LogP contribution in [0, 0.1) is 0 Å². The summed E-state index contributed by atoms with van der Waals surface area (Å²) in [5.74, 6) is -0.162. The number of furan rings is 3. The van der Waals surface area contributed by atoms with Gasteiger partial charge in [-0.25, -0.2) is 0 Å². The maximum atomic E-state index is 7.18. The van der Waals surface area contributed by atoms with Crippen molar-refractivity contribution < 1.29 is 13.3 Å². The second kappa shape index (κ2) is 12.5. The summed E-state index contributed by atoms with van der Waals surface area (Å²) in [5, 5.41) is 8.76. The van der Waals surface area contributed by atoms with E-state index in [0.717, 1.165) is 105 Å². The van der Waals surface area contributed by atoms with Crippen LogP contribution in [0.4, 0.5) is 17.1 Å². The molecule has 57 heavy (non-hydrogen) atoms. The zero-order chi connectivity index (χ0) is 37.5. The van der Waals surface area contributed by atoms with E-state index in [1.165, 1.54) is 5.56 Å². The Bertz CT molecular complexity index is 3480. The lowest BCUT2D eigenvalue weighted by Crippen LogP contribution is -2.12. The molecule has 0 N–H and O–H groups in total. The first-order valence-electron chi connectivity index (χ1n) is 19.4. The second-order valence-corrected chi connectivity index (χ2v) is 14.8. The Balaban J connectivity index is 1.21. The molecule has 4 heteroatoms. The fourth-order valence-electron chi connectivity index (χ4n) is 9.10. The summed E-state index contributed by atoms with van der Waals surface area (Å²) in [7, 11) is 0. The van der Waals surface area contributed by atoms with Crippen LogP contribution in [0.3, 0.4) is 0 Å². The van der Waals surface area contributed by atoms with Gasteiger partial charge < -0.3 is 18.2 Å². The summed E-state index contributed by atoms with van der Waals surface area (Å²) in [6.07, 6.45) is 0. The van der Waals surface area contributed by atoms with Crippen LogP contribution in [-0.2, 0) is 0 Å². The monoisotopic (exact) mass is 731 g/mol. The van der Waals surface area contributed by atoms with Crippen molar-refractivity contribution in [2.45, 2.75) is 5.92 Å². The number of hydrogen-bond acceptors (Lipinski definition) is 4. The third kappa shape index (κ3) is 4.87. The van der Waals surface area contributed by atoms with Crippen LogP contribution in [0.5, 0.6) is 0 Å². The minimum Gasteiger partial charge on any atom is -0.456 e. The van der Waals surface area contributed by atoms with E-state index >= 15 is 0 Å². The topological polar surface area (TPSA) is 42.7 Å². The highest BCUT2D eigenvalue weighted by atomic mass is 16.3. The summed E-state index contributed by atoms with van der Waals surface area (Å²) >= 11 is 0. The predicted octanol–water partition coefficient (Wildman–Crippen LogP) is 15.2. The molecule has 0 aliphatic carbocycles. The van der Waals surface area contributed by atoms with Crippen molar-refractivity contribution in [3.63, 3.8) is 0 Å². The Kier molecular flexibility index (Phi) is 6.96. The molecule has 268 valence electrons. The lowest BCUT2D eigenvalue weighted by molar-refractivity contribution is 0.662. The highest BCUT2D eigenvalue weighted by Gasteiger charge is 2.31. The summed E-state index contributed by atoms with van der Waals surface area (Å²) in [6, 6.07) is 68.5. The smallest absolute Gasteiger partial charge is 0.142 e. The van der Waals surface area contributed by atoms with Gasteiger partial charge in [0.05, 0.1) is 11.1 Å². The highest BCUT2D eigenvalue weighted by Crippen LogP contribution is 2.52. The number of fused-ring (bicyclic) bond motifs is 10. The van der Waals surface area contributed by atoms with E-state index in [2.05, 4.69) is 175 Å². The molecular formula is C53H33NO3. The van der Waals surface area contributed by atoms with Crippen LogP contribution in [-0.4, -0.2) is 0 Å². The van der Waals surface area contributed by atoms with Gasteiger partial charge in [0.25, 0.3) is 0 Å².